The summed E-state index contributed by atoms with van der Waals surface area (Å²) in [6, 6.07) is 15.8. The number of rotatable bonds is 9. The number of hydrogen-bond acceptors (Lipinski definition) is 6. The number of phenols is 1. The molecule has 1 aliphatic heterocycles. The van der Waals surface area contributed by atoms with E-state index in [1.165, 1.54) is 53.1 Å². The fourth-order valence-corrected chi connectivity index (χ4v) is 6.26. The number of carbonyl (C=O) groups is 3. The number of aliphatic hydroxyl groups is 1. The van der Waals surface area contributed by atoms with Crippen molar-refractivity contribution in [3.63, 3.8) is 0 Å². The Kier molecular flexibility index (Phi) is 9.58. The van der Waals surface area contributed by atoms with Crippen molar-refractivity contribution in [2.45, 2.75) is 63.6 Å². The van der Waals surface area contributed by atoms with Gasteiger partial charge in [0.05, 0.1) is 11.9 Å². The third kappa shape index (κ3) is 6.94. The summed E-state index contributed by atoms with van der Waals surface area (Å²) in [5.74, 6) is -2.09. The lowest BCUT2D eigenvalue weighted by molar-refractivity contribution is -0.147. The number of nitrogens with one attached hydrogen (secondary N) is 2. The maximum atomic E-state index is 14.0. The Balaban J connectivity index is 1.58. The summed E-state index contributed by atoms with van der Waals surface area (Å²) in [7, 11) is 0. The van der Waals surface area contributed by atoms with E-state index in [0.29, 0.717) is 11.1 Å². The molecular formula is C32H36FN3O5S. The Hall–Kier alpha value is -3.89. The first-order valence-corrected chi connectivity index (χ1v) is 14.7. The van der Waals surface area contributed by atoms with Gasteiger partial charge in [-0.25, -0.2) is 4.39 Å². The zero-order valence-electron chi connectivity index (χ0n) is 24.1. The lowest BCUT2D eigenvalue weighted by atomic mass is 9.96. The second-order valence-electron chi connectivity index (χ2n) is 11.0. The summed E-state index contributed by atoms with van der Waals surface area (Å²) < 4.78 is 13.3. The van der Waals surface area contributed by atoms with Gasteiger partial charge in [0, 0.05) is 22.4 Å². The van der Waals surface area contributed by atoms with Gasteiger partial charge >= 0.3 is 0 Å². The van der Waals surface area contributed by atoms with Gasteiger partial charge in [-0.15, -0.1) is 11.8 Å². The minimum absolute atomic E-state index is 0.0528. The SMILES string of the molecule is Cc1ccccc1CNC(=O)[C@H]1N(C(=O)[C@@H](O)[C@H](Cc2cccc(F)c2)NC(=O)c2cccc(O)c2C)CSC1(C)C. The van der Waals surface area contributed by atoms with Crippen molar-refractivity contribution in [1.29, 1.82) is 0 Å². The van der Waals surface area contributed by atoms with Crippen LogP contribution >= 0.6 is 11.8 Å². The molecule has 3 atom stereocenters. The normalized spacial score (nSPS) is 17.4. The van der Waals surface area contributed by atoms with Crippen LogP contribution in [-0.2, 0) is 22.6 Å². The molecule has 4 rings (SSSR count). The van der Waals surface area contributed by atoms with Gasteiger partial charge in [-0.05, 0) is 75.1 Å². The minimum atomic E-state index is -1.74. The van der Waals surface area contributed by atoms with E-state index < -0.39 is 40.6 Å². The van der Waals surface area contributed by atoms with Crippen LogP contribution in [0.3, 0.4) is 0 Å². The molecule has 1 aliphatic rings. The molecule has 0 spiro atoms. The quantitative estimate of drug-likeness (QED) is 0.299. The van der Waals surface area contributed by atoms with Gasteiger partial charge in [0.1, 0.15) is 17.6 Å². The van der Waals surface area contributed by atoms with E-state index in [-0.39, 0.29) is 36.1 Å². The van der Waals surface area contributed by atoms with Crippen LogP contribution in [0.1, 0.15) is 46.5 Å². The molecule has 42 heavy (non-hydrogen) atoms. The van der Waals surface area contributed by atoms with Gasteiger partial charge in [0.15, 0.2) is 6.10 Å². The van der Waals surface area contributed by atoms with Crippen LogP contribution in [0.4, 0.5) is 4.39 Å². The predicted octanol–water partition coefficient (Wildman–Crippen LogP) is 3.85. The van der Waals surface area contributed by atoms with Crippen LogP contribution in [0.2, 0.25) is 0 Å². The largest absolute Gasteiger partial charge is 0.508 e. The fourth-order valence-electron chi connectivity index (χ4n) is 5.12. The number of thioether (sulfide) groups is 1. The fraction of sp³-hybridized carbons (Fsp3) is 0.344. The average Bonchev–Trinajstić information content (AvgIpc) is 3.27. The summed E-state index contributed by atoms with van der Waals surface area (Å²) in [6.45, 7) is 7.55. The number of nitrogens with zero attached hydrogens (tertiary/aromatic N) is 1. The van der Waals surface area contributed by atoms with E-state index in [1.807, 2.05) is 45.0 Å². The number of phenolic OH excluding ortho intramolecular Hbond substituents is 1. The second-order valence-corrected chi connectivity index (χ2v) is 12.6. The maximum absolute atomic E-state index is 14.0. The highest BCUT2D eigenvalue weighted by Crippen LogP contribution is 2.40. The molecule has 8 nitrogen and oxygen atoms in total. The van der Waals surface area contributed by atoms with Crippen molar-refractivity contribution in [2.75, 3.05) is 5.88 Å². The number of benzene rings is 3. The first-order valence-electron chi connectivity index (χ1n) is 13.7. The van der Waals surface area contributed by atoms with Crippen LogP contribution in [0.15, 0.2) is 66.7 Å². The van der Waals surface area contributed by atoms with E-state index in [9.17, 15) is 29.0 Å². The topological polar surface area (TPSA) is 119 Å². The first-order chi connectivity index (χ1) is 19.9. The number of amides is 3. The highest BCUT2D eigenvalue weighted by atomic mass is 32.2. The zero-order valence-corrected chi connectivity index (χ0v) is 24.9. The molecule has 0 aromatic heterocycles. The molecule has 0 unspecified atom stereocenters. The van der Waals surface area contributed by atoms with Gasteiger partial charge in [-0.1, -0.05) is 42.5 Å². The number of carbonyl (C=O) groups excluding carboxylic acids is 3. The monoisotopic (exact) mass is 593 g/mol. The van der Waals surface area contributed by atoms with E-state index in [2.05, 4.69) is 10.6 Å². The molecule has 0 saturated carbocycles. The van der Waals surface area contributed by atoms with E-state index >= 15 is 0 Å². The molecule has 3 amide bonds. The maximum Gasteiger partial charge on any atom is 0.254 e. The summed E-state index contributed by atoms with van der Waals surface area (Å²) in [4.78, 5) is 41.9. The zero-order chi connectivity index (χ0) is 30.6. The Morgan fingerprint density at radius 3 is 2.50 bits per heavy atom. The number of aliphatic hydroxyl groups excluding tert-OH is 1. The van der Waals surface area contributed by atoms with Crippen molar-refractivity contribution in [3.05, 3.63) is 100 Å². The highest BCUT2D eigenvalue weighted by molar-refractivity contribution is 8.00. The summed E-state index contributed by atoms with van der Waals surface area (Å²) in [5.41, 5.74) is 2.95. The van der Waals surface area contributed by atoms with Crippen molar-refractivity contribution in [3.8, 4) is 5.75 Å². The molecule has 3 aromatic carbocycles. The third-order valence-corrected chi connectivity index (χ3v) is 9.01. The highest BCUT2D eigenvalue weighted by Gasteiger charge is 2.49. The Morgan fingerprint density at radius 1 is 1.07 bits per heavy atom. The predicted molar refractivity (Wildman–Crippen MR) is 160 cm³/mol. The van der Waals surface area contributed by atoms with Gasteiger partial charge in [0.25, 0.3) is 11.8 Å². The van der Waals surface area contributed by atoms with Crippen LogP contribution in [0.5, 0.6) is 5.75 Å². The second kappa shape index (κ2) is 13.0. The average molecular weight is 594 g/mol. The Bertz CT molecular complexity index is 1480. The van der Waals surface area contributed by atoms with Crippen molar-refractivity contribution in [1.82, 2.24) is 15.5 Å². The Labute approximate surface area is 249 Å². The van der Waals surface area contributed by atoms with E-state index in [0.717, 1.165) is 11.1 Å². The molecule has 1 fully saturated rings. The number of aryl methyl sites for hydroxylation is 1. The summed E-state index contributed by atoms with van der Waals surface area (Å²) in [5, 5.41) is 27.1. The molecule has 1 saturated heterocycles. The smallest absolute Gasteiger partial charge is 0.254 e. The van der Waals surface area contributed by atoms with Crippen LogP contribution < -0.4 is 10.6 Å². The molecule has 222 valence electrons. The molecule has 10 heteroatoms. The Morgan fingerprint density at radius 2 is 1.79 bits per heavy atom. The molecule has 0 bridgehead atoms. The standard InChI is InChI=1S/C32H36FN3O5S/c1-19-9-5-6-11-22(19)17-34-30(40)28-32(3,4)42-18-36(28)31(41)27(38)25(16-21-10-7-12-23(33)15-21)35-29(39)24-13-8-14-26(37)20(24)2/h5-15,25,27-28,37-38H,16-18H2,1-4H3,(H,34,40)(H,35,39)/t25-,27-,28+/m0/s1. The van der Waals surface area contributed by atoms with E-state index in [1.54, 1.807) is 13.0 Å². The van der Waals surface area contributed by atoms with Crippen LogP contribution in [0.25, 0.3) is 0 Å². The van der Waals surface area contributed by atoms with Gasteiger partial charge in [0.2, 0.25) is 5.91 Å². The summed E-state index contributed by atoms with van der Waals surface area (Å²) >= 11 is 1.42. The lowest BCUT2D eigenvalue weighted by Gasteiger charge is -2.33. The van der Waals surface area contributed by atoms with Crippen molar-refractivity contribution >= 4 is 29.5 Å². The molecule has 0 aliphatic carbocycles. The van der Waals surface area contributed by atoms with Crippen LogP contribution in [0, 0.1) is 19.7 Å². The summed E-state index contributed by atoms with van der Waals surface area (Å²) in [6.07, 6.45) is -1.79. The molecule has 0 radical (unpaired) electrons. The van der Waals surface area contributed by atoms with Crippen molar-refractivity contribution < 1.29 is 29.0 Å². The minimum Gasteiger partial charge on any atom is -0.508 e. The van der Waals surface area contributed by atoms with Gasteiger partial charge in [-0.3, -0.25) is 14.4 Å². The first kappa shape index (κ1) is 31.1. The number of hydrogen-bond donors (Lipinski definition) is 4. The molecule has 1 heterocycles. The van der Waals surface area contributed by atoms with Crippen LogP contribution in [-0.4, -0.2) is 61.6 Å². The lowest BCUT2D eigenvalue weighted by Crippen LogP contribution is -2.58. The van der Waals surface area contributed by atoms with E-state index in [4.69, 9.17) is 0 Å². The molecule has 4 N–H and O–H groups in total. The molecule has 3 aromatic rings. The number of aromatic hydroxyl groups is 1. The van der Waals surface area contributed by atoms with Gasteiger partial charge in [-0.2, -0.15) is 0 Å². The number of halogens is 1. The van der Waals surface area contributed by atoms with Gasteiger partial charge < -0.3 is 25.7 Å². The third-order valence-electron chi connectivity index (χ3n) is 7.64. The van der Waals surface area contributed by atoms with Crippen molar-refractivity contribution in [2.24, 2.45) is 0 Å². The molecular weight excluding hydrogens is 557 g/mol.